The first kappa shape index (κ1) is 35.5. The molecule has 5 rings (SSSR count). The summed E-state index contributed by atoms with van der Waals surface area (Å²) in [6, 6.07) is 14.6. The van der Waals surface area contributed by atoms with Crippen molar-refractivity contribution in [2.75, 3.05) is 60.6 Å². The largest absolute Gasteiger partial charge is 0.494 e. The van der Waals surface area contributed by atoms with Gasteiger partial charge >= 0.3 is 0 Å². The summed E-state index contributed by atoms with van der Waals surface area (Å²) in [5.74, 6) is -1.10. The predicted molar refractivity (Wildman–Crippen MR) is 195 cm³/mol. The van der Waals surface area contributed by atoms with Gasteiger partial charge in [0.05, 0.1) is 23.2 Å². The fraction of sp³-hybridized carbons (Fsp3) is 0.500. The molecule has 5 atom stereocenters. The number of aliphatic hydroxyl groups excluding tert-OH is 1. The van der Waals surface area contributed by atoms with E-state index in [1.54, 1.807) is 38.6 Å². The molecular weight excluding hydrogens is 625 g/mol. The highest BCUT2D eigenvalue weighted by atomic mass is 32.2. The van der Waals surface area contributed by atoms with Gasteiger partial charge in [-0.15, -0.1) is 24.9 Å². The van der Waals surface area contributed by atoms with Crippen LogP contribution in [0, 0.1) is 11.8 Å². The average Bonchev–Trinajstić information content (AvgIpc) is 3.66. The lowest BCUT2D eigenvalue weighted by atomic mass is 9.66. The Labute approximate surface area is 289 Å². The van der Waals surface area contributed by atoms with Crippen LogP contribution in [0.3, 0.4) is 0 Å². The summed E-state index contributed by atoms with van der Waals surface area (Å²) >= 11 is 1.65. The van der Waals surface area contributed by atoms with Crippen molar-refractivity contribution >= 4 is 46.5 Å². The van der Waals surface area contributed by atoms with Crippen LogP contribution in [0.5, 0.6) is 5.75 Å². The SMILES string of the molecule is C=CCN(C(=O)C1N(CCCO)C(=O)[C@@H]2[C@@H](C(=O)N(CC=C)c3ccc(OCC)cc3)[C@@]3(C)CCC12S3)c1ccc(N(CC)CC)cc1. The Morgan fingerprint density at radius 1 is 0.938 bits per heavy atom. The second kappa shape index (κ2) is 14.8. The van der Waals surface area contributed by atoms with Crippen molar-refractivity contribution in [1.82, 2.24) is 4.90 Å². The standard InChI is InChI=1S/C38H50N4O5S/c1-7-23-40(29-17-19-30(20-18-29)47-11-5)34(44)31-32-35(45)42(25-12-26-43)33(38(32)22-21-37(31,6)48-38)36(46)41(24-8-2)28-15-13-27(14-16-28)39(9-3)10-4/h7-8,13-20,31-33,43H,1-2,9-12,21-26H2,3-6H3/t31-,32-,33?,37+,38?/m0/s1. The highest BCUT2D eigenvalue weighted by Gasteiger charge is 2.77. The molecule has 2 aromatic rings. The van der Waals surface area contributed by atoms with E-state index in [4.69, 9.17) is 4.74 Å². The van der Waals surface area contributed by atoms with Gasteiger partial charge in [-0.05, 0) is 95.5 Å². The van der Waals surface area contributed by atoms with Crippen molar-refractivity contribution in [3.63, 3.8) is 0 Å². The predicted octanol–water partition coefficient (Wildman–Crippen LogP) is 5.53. The summed E-state index contributed by atoms with van der Waals surface area (Å²) in [7, 11) is 0. The quantitative estimate of drug-likeness (QED) is 0.234. The zero-order valence-corrected chi connectivity index (χ0v) is 29.6. The fourth-order valence-corrected chi connectivity index (χ4v) is 10.4. The fourth-order valence-electron chi connectivity index (χ4n) is 8.10. The summed E-state index contributed by atoms with van der Waals surface area (Å²) < 4.78 is 4.31. The van der Waals surface area contributed by atoms with Gasteiger partial charge in [0.1, 0.15) is 11.8 Å². The minimum absolute atomic E-state index is 0.108. The summed E-state index contributed by atoms with van der Waals surface area (Å²) in [6.45, 7) is 19.1. The van der Waals surface area contributed by atoms with Crippen LogP contribution in [0.4, 0.5) is 17.1 Å². The van der Waals surface area contributed by atoms with Crippen molar-refractivity contribution in [3.05, 3.63) is 73.8 Å². The second-order valence-electron chi connectivity index (χ2n) is 12.9. The molecule has 1 spiro atoms. The molecule has 2 aromatic carbocycles. The van der Waals surface area contributed by atoms with Crippen LogP contribution in [0.1, 0.15) is 47.0 Å². The number of ether oxygens (including phenoxy) is 1. The number of benzene rings is 2. The summed E-state index contributed by atoms with van der Waals surface area (Å²) in [5.41, 5.74) is 2.51. The molecule has 0 radical (unpaired) electrons. The summed E-state index contributed by atoms with van der Waals surface area (Å²) in [4.78, 5) is 51.6. The summed E-state index contributed by atoms with van der Waals surface area (Å²) in [5, 5.41) is 9.81. The average molecular weight is 675 g/mol. The third kappa shape index (κ3) is 6.13. The van der Waals surface area contributed by atoms with Gasteiger partial charge in [-0.2, -0.15) is 0 Å². The Morgan fingerprint density at radius 2 is 1.50 bits per heavy atom. The van der Waals surface area contributed by atoms with Gasteiger partial charge in [-0.3, -0.25) is 14.4 Å². The topological polar surface area (TPSA) is 93.6 Å². The molecule has 10 heteroatoms. The number of thioether (sulfide) groups is 1. The minimum Gasteiger partial charge on any atom is -0.494 e. The van der Waals surface area contributed by atoms with E-state index in [0.29, 0.717) is 37.3 Å². The highest BCUT2D eigenvalue weighted by molar-refractivity contribution is 8.02. The molecule has 3 aliphatic rings. The summed E-state index contributed by atoms with van der Waals surface area (Å²) in [6.07, 6.45) is 5.10. The van der Waals surface area contributed by atoms with Crippen LogP contribution < -0.4 is 19.4 Å². The van der Waals surface area contributed by atoms with E-state index in [9.17, 15) is 19.5 Å². The Bertz CT molecular complexity index is 1500. The molecule has 3 aliphatic heterocycles. The number of anilines is 3. The van der Waals surface area contributed by atoms with Gasteiger partial charge in [-0.25, -0.2) is 0 Å². The Morgan fingerprint density at radius 3 is 2.04 bits per heavy atom. The van der Waals surface area contributed by atoms with E-state index >= 15 is 0 Å². The van der Waals surface area contributed by atoms with E-state index in [-0.39, 0.29) is 44.0 Å². The molecule has 3 heterocycles. The van der Waals surface area contributed by atoms with Gasteiger partial charge in [0, 0.05) is 61.1 Å². The van der Waals surface area contributed by atoms with E-state index in [1.165, 1.54) is 0 Å². The van der Waals surface area contributed by atoms with Crippen LogP contribution in [0.25, 0.3) is 0 Å². The molecule has 1 N–H and O–H groups in total. The van der Waals surface area contributed by atoms with Crippen molar-refractivity contribution in [1.29, 1.82) is 0 Å². The first-order chi connectivity index (χ1) is 23.1. The number of nitrogens with zero attached hydrogens (tertiary/aromatic N) is 4. The number of hydrogen-bond acceptors (Lipinski definition) is 7. The smallest absolute Gasteiger partial charge is 0.251 e. The molecule has 258 valence electrons. The van der Waals surface area contributed by atoms with Crippen LogP contribution in [-0.2, 0) is 14.4 Å². The lowest BCUT2D eigenvalue weighted by molar-refractivity contribution is -0.139. The maximum Gasteiger partial charge on any atom is 0.251 e. The molecule has 3 fully saturated rings. The maximum atomic E-state index is 14.9. The Hall–Kier alpha value is -3.76. The molecule has 48 heavy (non-hydrogen) atoms. The molecule has 0 saturated carbocycles. The molecule has 2 bridgehead atoms. The zero-order chi connectivity index (χ0) is 34.6. The Kier molecular flexibility index (Phi) is 10.9. The number of amides is 3. The van der Waals surface area contributed by atoms with Crippen molar-refractivity contribution in [3.8, 4) is 5.75 Å². The van der Waals surface area contributed by atoms with Crippen molar-refractivity contribution in [2.24, 2.45) is 11.8 Å². The van der Waals surface area contributed by atoms with Gasteiger partial charge in [0.15, 0.2) is 0 Å². The first-order valence-electron chi connectivity index (χ1n) is 17.2. The first-order valence-corrected chi connectivity index (χ1v) is 18.0. The number of carbonyl (C=O) groups is 3. The molecule has 3 amide bonds. The highest BCUT2D eigenvalue weighted by Crippen LogP contribution is 2.71. The van der Waals surface area contributed by atoms with Crippen LogP contribution in [-0.4, -0.2) is 89.2 Å². The number of fused-ring (bicyclic) bond motifs is 1. The van der Waals surface area contributed by atoms with Gasteiger partial charge < -0.3 is 29.4 Å². The van der Waals surface area contributed by atoms with Crippen LogP contribution in [0.2, 0.25) is 0 Å². The lowest BCUT2D eigenvalue weighted by Gasteiger charge is -2.38. The van der Waals surface area contributed by atoms with E-state index in [1.807, 2.05) is 55.5 Å². The van der Waals surface area contributed by atoms with Crippen LogP contribution in [0.15, 0.2) is 73.8 Å². The van der Waals surface area contributed by atoms with Gasteiger partial charge in [-0.1, -0.05) is 12.2 Å². The Balaban J connectivity index is 1.53. The monoisotopic (exact) mass is 674 g/mol. The number of rotatable bonds is 16. The molecule has 3 saturated heterocycles. The third-order valence-corrected chi connectivity index (χ3v) is 12.2. The van der Waals surface area contributed by atoms with E-state index in [0.717, 1.165) is 24.5 Å². The second-order valence-corrected chi connectivity index (χ2v) is 14.8. The molecule has 2 unspecified atom stereocenters. The molecule has 9 nitrogen and oxygen atoms in total. The zero-order valence-electron chi connectivity index (χ0n) is 28.8. The minimum atomic E-state index is -0.785. The molecule has 0 aromatic heterocycles. The number of carbonyl (C=O) groups excluding carboxylic acids is 3. The number of aliphatic hydroxyl groups is 1. The van der Waals surface area contributed by atoms with Crippen LogP contribution >= 0.6 is 11.8 Å². The number of hydrogen-bond donors (Lipinski definition) is 1. The lowest BCUT2D eigenvalue weighted by Crippen LogP contribution is -2.55. The van der Waals surface area contributed by atoms with E-state index < -0.39 is 27.4 Å². The number of likely N-dealkylation sites (tertiary alicyclic amines) is 1. The van der Waals surface area contributed by atoms with Crippen molar-refractivity contribution in [2.45, 2.75) is 62.5 Å². The molecule has 0 aliphatic carbocycles. The van der Waals surface area contributed by atoms with E-state index in [2.05, 4.69) is 38.8 Å². The normalized spacial score (nSPS) is 25.5. The maximum absolute atomic E-state index is 14.9. The third-order valence-electron chi connectivity index (χ3n) is 10.2. The van der Waals surface area contributed by atoms with Gasteiger partial charge in [0.2, 0.25) is 11.8 Å². The molecular formula is C38H50N4O5S. The van der Waals surface area contributed by atoms with Crippen molar-refractivity contribution < 1.29 is 24.2 Å². The van der Waals surface area contributed by atoms with Gasteiger partial charge in [0.25, 0.3) is 5.91 Å².